The van der Waals surface area contributed by atoms with Crippen LogP contribution in [0.1, 0.15) is 76.1 Å². The number of ether oxygens (including phenoxy) is 1. The van der Waals surface area contributed by atoms with E-state index in [1.807, 2.05) is 53.7 Å². The minimum absolute atomic E-state index is 0.0630. The number of aromatic hydroxyl groups is 1. The summed E-state index contributed by atoms with van der Waals surface area (Å²) in [4.78, 5) is 26.2. The molecule has 3 aromatic carbocycles. The van der Waals surface area contributed by atoms with Gasteiger partial charge in [-0.15, -0.1) is 0 Å². The molecule has 1 unspecified atom stereocenters. The number of carbonyl (C=O) groups is 1. The van der Waals surface area contributed by atoms with Crippen molar-refractivity contribution in [3.63, 3.8) is 0 Å². The van der Waals surface area contributed by atoms with Crippen molar-refractivity contribution in [2.75, 3.05) is 0 Å². The lowest BCUT2D eigenvalue weighted by Crippen LogP contribution is -2.24. The Bertz CT molecular complexity index is 1600. The van der Waals surface area contributed by atoms with E-state index in [0.29, 0.717) is 33.4 Å². The average Bonchev–Trinajstić information content (AvgIpc) is 2.83. The van der Waals surface area contributed by atoms with Crippen molar-refractivity contribution in [2.45, 2.75) is 64.7 Å². The predicted octanol–water partition coefficient (Wildman–Crippen LogP) is 7.34. The minimum Gasteiger partial charge on any atom is -0.507 e. The van der Waals surface area contributed by atoms with Crippen molar-refractivity contribution in [3.8, 4) is 22.6 Å². The smallest absolute Gasteiger partial charge is 0.312 e. The van der Waals surface area contributed by atoms with Crippen LogP contribution in [0.2, 0.25) is 0 Å². The summed E-state index contributed by atoms with van der Waals surface area (Å²) in [6, 6.07) is 12.8. The Labute approximate surface area is 220 Å². The first kappa shape index (κ1) is 25.7. The molecule has 0 spiro atoms. The molecular weight excluding hydrogens is 483 g/mol. The predicted molar refractivity (Wildman–Crippen MR) is 145 cm³/mol. The molecule has 196 valence electrons. The van der Waals surface area contributed by atoms with Crippen LogP contribution in [-0.4, -0.2) is 11.1 Å². The van der Waals surface area contributed by atoms with Gasteiger partial charge in [0.2, 0.25) is 5.43 Å². The molecule has 2 heterocycles. The molecule has 1 atom stereocenters. The van der Waals surface area contributed by atoms with Crippen molar-refractivity contribution in [1.29, 1.82) is 0 Å². The fourth-order valence-corrected chi connectivity index (χ4v) is 5.17. The first-order valence-corrected chi connectivity index (χ1v) is 12.7. The molecule has 0 bridgehead atoms. The highest BCUT2D eigenvalue weighted by molar-refractivity contribution is 5.90. The monoisotopic (exact) mass is 514 g/mol. The van der Waals surface area contributed by atoms with Gasteiger partial charge in [0.15, 0.2) is 0 Å². The second-order valence-electron chi connectivity index (χ2n) is 12.0. The van der Waals surface area contributed by atoms with Crippen molar-refractivity contribution >= 4 is 16.9 Å². The Morgan fingerprint density at radius 1 is 0.895 bits per heavy atom. The van der Waals surface area contributed by atoms with Crippen LogP contribution >= 0.6 is 0 Å². The van der Waals surface area contributed by atoms with E-state index in [0.717, 1.165) is 16.7 Å². The number of hydrogen-bond acceptors (Lipinski definition) is 5. The van der Waals surface area contributed by atoms with Crippen LogP contribution in [0.15, 0.2) is 64.0 Å². The summed E-state index contributed by atoms with van der Waals surface area (Å²) in [5, 5.41) is 11.6. The number of phenols is 1. The van der Waals surface area contributed by atoms with Crippen LogP contribution in [0, 0.1) is 5.82 Å². The molecule has 38 heavy (non-hydrogen) atoms. The largest absolute Gasteiger partial charge is 0.507 e. The molecule has 0 saturated carbocycles. The zero-order valence-electron chi connectivity index (χ0n) is 22.4. The standard InChI is InChI=1S/C32H31FO5/c1-31(2,3)23-13-18(14-24(29(23)36)32(4,5)6)21-15-26(34)38-25-12-11-20-28(35)22(16-37-30(20)27(21)25)17-7-9-19(33)10-8-17/h7-14,16,21,36H,15H2,1-6H3. The maximum Gasteiger partial charge on any atom is 0.312 e. The molecule has 5 nitrogen and oxygen atoms in total. The Balaban J connectivity index is 1.77. The zero-order valence-corrected chi connectivity index (χ0v) is 22.4. The summed E-state index contributed by atoms with van der Waals surface area (Å²) >= 11 is 0. The highest BCUT2D eigenvalue weighted by atomic mass is 19.1. The highest BCUT2D eigenvalue weighted by Crippen LogP contribution is 2.47. The summed E-state index contributed by atoms with van der Waals surface area (Å²) in [6.45, 7) is 12.2. The SMILES string of the molecule is CC(C)(C)c1cc(C2CC(=O)Oc3ccc4c(=O)c(-c5ccc(F)cc5)coc4c32)cc(C(C)(C)C)c1O. The molecule has 0 aliphatic carbocycles. The molecule has 1 aromatic heterocycles. The summed E-state index contributed by atoms with van der Waals surface area (Å²) in [6.07, 6.45) is 1.44. The van der Waals surface area contributed by atoms with Crippen LogP contribution in [0.25, 0.3) is 22.1 Å². The molecule has 0 amide bonds. The Morgan fingerprint density at radius 3 is 2.08 bits per heavy atom. The summed E-state index contributed by atoms with van der Waals surface area (Å²) in [7, 11) is 0. The molecule has 5 rings (SSSR count). The van der Waals surface area contributed by atoms with Crippen LogP contribution in [-0.2, 0) is 15.6 Å². The number of halogens is 1. The van der Waals surface area contributed by atoms with Gasteiger partial charge in [0.1, 0.15) is 29.2 Å². The van der Waals surface area contributed by atoms with Gasteiger partial charge >= 0.3 is 5.97 Å². The Hall–Kier alpha value is -3.93. The third-order valence-electron chi connectivity index (χ3n) is 7.19. The third-order valence-corrected chi connectivity index (χ3v) is 7.19. The Kier molecular flexibility index (Phi) is 5.97. The molecule has 0 radical (unpaired) electrons. The quantitative estimate of drug-likeness (QED) is 0.224. The third kappa shape index (κ3) is 4.38. The van der Waals surface area contributed by atoms with Gasteiger partial charge in [-0.3, -0.25) is 9.59 Å². The molecular formula is C32H31FO5. The molecule has 0 fully saturated rings. The fourth-order valence-electron chi connectivity index (χ4n) is 5.17. The van der Waals surface area contributed by atoms with E-state index in [2.05, 4.69) is 0 Å². The molecule has 1 N–H and O–H groups in total. The number of esters is 1. The van der Waals surface area contributed by atoms with Gasteiger partial charge in [-0.25, -0.2) is 4.39 Å². The Morgan fingerprint density at radius 2 is 1.50 bits per heavy atom. The van der Waals surface area contributed by atoms with Gasteiger partial charge in [0.05, 0.1) is 17.4 Å². The van der Waals surface area contributed by atoms with E-state index in [1.54, 1.807) is 12.1 Å². The lowest BCUT2D eigenvalue weighted by Gasteiger charge is -2.31. The maximum absolute atomic E-state index is 13.5. The average molecular weight is 515 g/mol. The summed E-state index contributed by atoms with van der Waals surface area (Å²) in [5.41, 5.74) is 3.26. The second-order valence-corrected chi connectivity index (χ2v) is 12.0. The van der Waals surface area contributed by atoms with E-state index in [4.69, 9.17) is 9.15 Å². The molecule has 1 aliphatic heterocycles. The second kappa shape index (κ2) is 8.83. The summed E-state index contributed by atoms with van der Waals surface area (Å²) < 4.78 is 25.1. The summed E-state index contributed by atoms with van der Waals surface area (Å²) in [5.74, 6) is -0.622. The highest BCUT2D eigenvalue weighted by Gasteiger charge is 2.35. The number of phenolic OH excluding ortho intramolecular Hbond substituents is 1. The van der Waals surface area contributed by atoms with Crippen LogP contribution in [0.3, 0.4) is 0 Å². The topological polar surface area (TPSA) is 76.7 Å². The molecule has 4 aromatic rings. The lowest BCUT2D eigenvalue weighted by molar-refractivity contribution is -0.135. The maximum atomic E-state index is 13.5. The van der Waals surface area contributed by atoms with Gasteiger partial charge in [0, 0.05) is 11.5 Å². The van der Waals surface area contributed by atoms with Gasteiger partial charge in [-0.2, -0.15) is 0 Å². The van der Waals surface area contributed by atoms with Crippen LogP contribution < -0.4 is 10.2 Å². The van der Waals surface area contributed by atoms with Gasteiger partial charge in [-0.1, -0.05) is 65.8 Å². The molecule has 6 heteroatoms. The van der Waals surface area contributed by atoms with Crippen molar-refractivity contribution < 1.29 is 23.4 Å². The zero-order chi connectivity index (χ0) is 27.6. The molecule has 0 saturated heterocycles. The van der Waals surface area contributed by atoms with Crippen LogP contribution in [0.4, 0.5) is 4.39 Å². The number of carbonyl (C=O) groups excluding carboxylic acids is 1. The van der Waals surface area contributed by atoms with Gasteiger partial charge < -0.3 is 14.3 Å². The van der Waals surface area contributed by atoms with Crippen molar-refractivity contribution in [2.24, 2.45) is 0 Å². The lowest BCUT2D eigenvalue weighted by atomic mass is 9.75. The van der Waals surface area contributed by atoms with Crippen molar-refractivity contribution in [1.82, 2.24) is 0 Å². The number of hydrogen-bond donors (Lipinski definition) is 1. The van der Waals surface area contributed by atoms with Gasteiger partial charge in [0.25, 0.3) is 0 Å². The van der Waals surface area contributed by atoms with Crippen molar-refractivity contribution in [3.05, 3.63) is 93.1 Å². The first-order valence-electron chi connectivity index (χ1n) is 12.7. The fraction of sp³-hybridized carbons (Fsp3) is 0.312. The van der Waals surface area contributed by atoms with E-state index in [-0.39, 0.29) is 34.4 Å². The van der Waals surface area contributed by atoms with E-state index in [9.17, 15) is 19.1 Å². The molecule has 1 aliphatic rings. The van der Waals surface area contributed by atoms with E-state index >= 15 is 0 Å². The number of benzene rings is 3. The van der Waals surface area contributed by atoms with Crippen LogP contribution in [0.5, 0.6) is 11.5 Å². The number of fused-ring (bicyclic) bond motifs is 3. The normalized spacial score (nSPS) is 15.9. The minimum atomic E-state index is -0.447. The van der Waals surface area contributed by atoms with E-state index in [1.165, 1.54) is 30.5 Å². The van der Waals surface area contributed by atoms with Gasteiger partial charge in [-0.05, 0) is 57.3 Å². The van der Waals surface area contributed by atoms with E-state index < -0.39 is 11.7 Å². The number of rotatable bonds is 2. The first-order chi connectivity index (χ1) is 17.8.